The smallest absolute Gasteiger partial charge is 0.233 e. The van der Waals surface area contributed by atoms with E-state index in [9.17, 15) is 4.79 Å². The molecule has 0 radical (unpaired) electrons. The van der Waals surface area contributed by atoms with Crippen molar-refractivity contribution in [1.29, 1.82) is 0 Å². The molecule has 1 aliphatic rings. The molecule has 0 aliphatic heterocycles. The first kappa shape index (κ1) is 12.5. The molecule has 1 amide bonds. The van der Waals surface area contributed by atoms with Crippen LogP contribution in [0, 0.1) is 13.8 Å². The summed E-state index contributed by atoms with van der Waals surface area (Å²) >= 11 is 1.63. The van der Waals surface area contributed by atoms with Crippen molar-refractivity contribution < 1.29 is 9.32 Å². The second-order valence-corrected chi connectivity index (χ2v) is 5.87. The van der Waals surface area contributed by atoms with E-state index in [-0.39, 0.29) is 11.2 Å². The quantitative estimate of drug-likeness (QED) is 0.875. The number of carbonyl (C=O) groups excluding carboxylic acids is 1. The van der Waals surface area contributed by atoms with Gasteiger partial charge in [-0.2, -0.15) is 0 Å². The van der Waals surface area contributed by atoms with E-state index in [1.165, 1.54) is 0 Å². The summed E-state index contributed by atoms with van der Waals surface area (Å²) in [6, 6.07) is 0.435. The standard InChI is InChI=1S/C12H18N2O2S/c1-7-11(8(2)16-14-7)6-17-9(3)12(15)13-10-4-5-10/h9-10H,4-6H2,1-3H3,(H,13,15)/t9-/m0/s1. The van der Waals surface area contributed by atoms with Crippen LogP contribution in [0.25, 0.3) is 0 Å². The number of carbonyl (C=O) groups is 1. The van der Waals surface area contributed by atoms with Crippen molar-refractivity contribution in [3.05, 3.63) is 17.0 Å². The van der Waals surface area contributed by atoms with Gasteiger partial charge in [0, 0.05) is 17.4 Å². The normalized spacial score (nSPS) is 16.9. The molecule has 94 valence electrons. The highest BCUT2D eigenvalue weighted by Crippen LogP contribution is 2.24. The van der Waals surface area contributed by atoms with Crippen LogP contribution in [-0.2, 0) is 10.5 Å². The summed E-state index contributed by atoms with van der Waals surface area (Å²) in [5.74, 6) is 1.77. The Balaban J connectivity index is 1.82. The van der Waals surface area contributed by atoms with Crippen LogP contribution in [0.15, 0.2) is 4.52 Å². The van der Waals surface area contributed by atoms with Gasteiger partial charge in [0.2, 0.25) is 5.91 Å². The Morgan fingerprint density at radius 3 is 2.82 bits per heavy atom. The fraction of sp³-hybridized carbons (Fsp3) is 0.667. The molecular weight excluding hydrogens is 236 g/mol. The molecule has 1 saturated carbocycles. The van der Waals surface area contributed by atoms with Crippen LogP contribution in [0.3, 0.4) is 0 Å². The summed E-state index contributed by atoms with van der Waals surface area (Å²) in [4.78, 5) is 11.8. The van der Waals surface area contributed by atoms with E-state index in [1.807, 2.05) is 20.8 Å². The first-order valence-corrected chi connectivity index (χ1v) is 6.96. The number of amides is 1. The molecule has 1 atom stereocenters. The number of aryl methyl sites for hydroxylation is 2. The average molecular weight is 254 g/mol. The van der Waals surface area contributed by atoms with Gasteiger partial charge in [0.15, 0.2) is 0 Å². The zero-order chi connectivity index (χ0) is 12.4. The number of hydrogen-bond acceptors (Lipinski definition) is 4. The predicted octanol–water partition coefficient (Wildman–Crippen LogP) is 2.19. The third-order valence-electron chi connectivity index (χ3n) is 2.95. The molecule has 0 unspecified atom stereocenters. The molecule has 4 nitrogen and oxygen atoms in total. The molecule has 1 aromatic rings. The first-order valence-electron chi connectivity index (χ1n) is 5.91. The molecule has 17 heavy (non-hydrogen) atoms. The third-order valence-corrected chi connectivity index (χ3v) is 4.12. The largest absolute Gasteiger partial charge is 0.361 e. The van der Waals surface area contributed by atoms with Crippen LogP contribution in [0.1, 0.15) is 36.8 Å². The van der Waals surface area contributed by atoms with Crippen LogP contribution >= 0.6 is 11.8 Å². The minimum atomic E-state index is -0.0238. The predicted molar refractivity (Wildman–Crippen MR) is 67.9 cm³/mol. The highest BCUT2D eigenvalue weighted by Gasteiger charge is 2.26. The lowest BCUT2D eigenvalue weighted by Crippen LogP contribution is -2.32. The van der Waals surface area contributed by atoms with E-state index in [0.29, 0.717) is 6.04 Å². The van der Waals surface area contributed by atoms with Gasteiger partial charge in [-0.3, -0.25) is 4.79 Å². The Kier molecular flexibility index (Phi) is 3.76. The molecule has 5 heteroatoms. The number of nitrogens with zero attached hydrogens (tertiary/aromatic N) is 1. The summed E-state index contributed by atoms with van der Waals surface area (Å²) in [6.07, 6.45) is 2.26. The average Bonchev–Trinajstić information content (AvgIpc) is 3.04. The lowest BCUT2D eigenvalue weighted by Gasteiger charge is -2.11. The van der Waals surface area contributed by atoms with Crippen molar-refractivity contribution in [1.82, 2.24) is 10.5 Å². The third kappa shape index (κ3) is 3.25. The second kappa shape index (κ2) is 5.12. The molecule has 1 N–H and O–H groups in total. The van der Waals surface area contributed by atoms with Crippen molar-refractivity contribution >= 4 is 17.7 Å². The molecule has 1 fully saturated rings. The summed E-state index contributed by atoms with van der Waals surface area (Å²) < 4.78 is 5.10. The molecule has 0 aromatic carbocycles. The second-order valence-electron chi connectivity index (χ2n) is 4.54. The minimum absolute atomic E-state index is 0.0238. The summed E-state index contributed by atoms with van der Waals surface area (Å²) in [6.45, 7) is 5.78. The fourth-order valence-corrected chi connectivity index (χ4v) is 2.59. The maximum atomic E-state index is 11.8. The molecule has 1 aromatic heterocycles. The Hall–Kier alpha value is -0.970. The van der Waals surface area contributed by atoms with Crippen LogP contribution in [-0.4, -0.2) is 22.4 Å². The van der Waals surface area contributed by atoms with Crippen molar-refractivity contribution in [2.45, 2.75) is 50.7 Å². The Labute approximate surface area is 106 Å². The summed E-state index contributed by atoms with van der Waals surface area (Å²) in [5, 5.41) is 6.90. The molecule has 0 saturated heterocycles. The zero-order valence-corrected chi connectivity index (χ0v) is 11.3. The molecule has 1 aliphatic carbocycles. The zero-order valence-electron chi connectivity index (χ0n) is 10.4. The maximum absolute atomic E-state index is 11.8. The van der Waals surface area contributed by atoms with Crippen LogP contribution < -0.4 is 5.32 Å². The van der Waals surface area contributed by atoms with Gasteiger partial charge in [0.1, 0.15) is 5.76 Å². The van der Waals surface area contributed by atoms with Gasteiger partial charge >= 0.3 is 0 Å². The van der Waals surface area contributed by atoms with Gasteiger partial charge in [-0.05, 0) is 33.6 Å². The van der Waals surface area contributed by atoms with E-state index in [2.05, 4.69) is 10.5 Å². The highest BCUT2D eigenvalue weighted by molar-refractivity contribution is 7.99. The SMILES string of the molecule is Cc1noc(C)c1CS[C@@H](C)C(=O)NC1CC1. The van der Waals surface area contributed by atoms with E-state index >= 15 is 0 Å². The van der Waals surface area contributed by atoms with Gasteiger partial charge < -0.3 is 9.84 Å². The number of hydrogen-bond donors (Lipinski definition) is 1. The Morgan fingerprint density at radius 2 is 2.29 bits per heavy atom. The summed E-state index contributed by atoms with van der Waals surface area (Å²) in [5.41, 5.74) is 2.03. The molecular formula is C12H18N2O2S. The molecule has 0 spiro atoms. The molecule has 2 rings (SSSR count). The number of thioether (sulfide) groups is 1. The molecule has 1 heterocycles. The number of aromatic nitrogens is 1. The highest BCUT2D eigenvalue weighted by atomic mass is 32.2. The van der Waals surface area contributed by atoms with Crippen molar-refractivity contribution in [2.75, 3.05) is 0 Å². The van der Waals surface area contributed by atoms with Gasteiger partial charge in [0.25, 0.3) is 0 Å². The van der Waals surface area contributed by atoms with E-state index in [4.69, 9.17) is 4.52 Å². The lowest BCUT2D eigenvalue weighted by molar-refractivity contribution is -0.120. The Morgan fingerprint density at radius 1 is 1.59 bits per heavy atom. The lowest BCUT2D eigenvalue weighted by atomic mass is 10.2. The van der Waals surface area contributed by atoms with E-state index in [1.54, 1.807) is 11.8 Å². The van der Waals surface area contributed by atoms with Gasteiger partial charge in [-0.15, -0.1) is 11.8 Å². The van der Waals surface area contributed by atoms with E-state index < -0.39 is 0 Å². The van der Waals surface area contributed by atoms with Gasteiger partial charge in [-0.1, -0.05) is 5.16 Å². The summed E-state index contributed by atoms with van der Waals surface area (Å²) in [7, 11) is 0. The number of nitrogens with one attached hydrogen (secondary N) is 1. The number of rotatable bonds is 5. The Bertz CT molecular complexity index is 393. The van der Waals surface area contributed by atoms with Crippen molar-refractivity contribution in [3.8, 4) is 0 Å². The van der Waals surface area contributed by atoms with E-state index in [0.717, 1.165) is 35.6 Å². The molecule has 0 bridgehead atoms. The fourth-order valence-electron chi connectivity index (χ4n) is 1.54. The van der Waals surface area contributed by atoms with Crippen LogP contribution in [0.5, 0.6) is 0 Å². The van der Waals surface area contributed by atoms with Crippen LogP contribution in [0.4, 0.5) is 0 Å². The van der Waals surface area contributed by atoms with Crippen molar-refractivity contribution in [3.63, 3.8) is 0 Å². The van der Waals surface area contributed by atoms with Crippen molar-refractivity contribution in [2.24, 2.45) is 0 Å². The first-order chi connectivity index (χ1) is 8.08. The topological polar surface area (TPSA) is 55.1 Å². The van der Waals surface area contributed by atoms with Gasteiger partial charge in [0.05, 0.1) is 10.9 Å². The minimum Gasteiger partial charge on any atom is -0.361 e. The maximum Gasteiger partial charge on any atom is 0.233 e. The van der Waals surface area contributed by atoms with Gasteiger partial charge in [-0.25, -0.2) is 0 Å². The van der Waals surface area contributed by atoms with Crippen LogP contribution in [0.2, 0.25) is 0 Å². The monoisotopic (exact) mass is 254 g/mol.